The van der Waals surface area contributed by atoms with Gasteiger partial charge in [-0.05, 0) is 20.8 Å². The van der Waals surface area contributed by atoms with Crippen LogP contribution < -0.4 is 21.3 Å². The molecule has 146 heavy (non-hydrogen) atoms. The Morgan fingerprint density at radius 1 is 0.226 bits per heavy atom. The summed E-state index contributed by atoms with van der Waals surface area (Å²) in [4.78, 5) is 53.5. The maximum Gasteiger partial charge on any atom is 0.397 e. The van der Waals surface area contributed by atoms with Crippen LogP contribution in [0.2, 0.25) is 0 Å². The van der Waals surface area contributed by atoms with Gasteiger partial charge < -0.3 is 283 Å². The van der Waals surface area contributed by atoms with Gasteiger partial charge in [0.1, 0.15) is 274 Å². The molecule has 12 rings (SSSR count). The largest absolute Gasteiger partial charge is 0.397 e. The zero-order valence-electron chi connectivity index (χ0n) is 78.5. The van der Waals surface area contributed by atoms with Crippen molar-refractivity contribution in [2.75, 3.05) is 59.5 Å². The molecule has 60 atom stereocenters. The monoisotopic (exact) mass is 2160 g/mol. The Labute approximate surface area is 827 Å². The molecule has 12 fully saturated rings. The summed E-state index contributed by atoms with van der Waals surface area (Å²) in [5.41, 5.74) is 0. The van der Waals surface area contributed by atoms with Crippen molar-refractivity contribution in [2.45, 2.75) is 417 Å². The molecule has 0 saturated carbocycles. The first-order valence-electron chi connectivity index (χ1n) is 46.4. The molecule has 35 N–H and O–H groups in total. The molecular formula is C80H134N4O61S. The van der Waals surface area contributed by atoms with E-state index in [1.54, 1.807) is 0 Å². The van der Waals surface area contributed by atoms with Gasteiger partial charge in [-0.1, -0.05) is 0 Å². The second kappa shape index (κ2) is 51.5. The van der Waals surface area contributed by atoms with E-state index >= 15 is 0 Å². The van der Waals surface area contributed by atoms with E-state index in [4.69, 9.17) is 113 Å². The van der Waals surface area contributed by atoms with Gasteiger partial charge in [-0.25, -0.2) is 4.18 Å². The fourth-order valence-corrected chi connectivity index (χ4v) is 19.1. The molecule has 66 heteroatoms. The Bertz CT molecular complexity index is 4220. The van der Waals surface area contributed by atoms with E-state index in [2.05, 4.69) is 21.3 Å². The Balaban J connectivity index is 0.933. The fraction of sp³-hybridized carbons (Fsp3) is 0.950. The summed E-state index contributed by atoms with van der Waals surface area (Å²) < 4.78 is 180. The second-order valence-electron chi connectivity index (χ2n) is 37.1. The van der Waals surface area contributed by atoms with Crippen LogP contribution in [0.5, 0.6) is 0 Å². The van der Waals surface area contributed by atoms with Crippen molar-refractivity contribution in [1.82, 2.24) is 21.3 Å². The van der Waals surface area contributed by atoms with Gasteiger partial charge in [-0.2, -0.15) is 8.42 Å². The molecule has 846 valence electrons. The van der Waals surface area contributed by atoms with Crippen molar-refractivity contribution in [2.24, 2.45) is 0 Å². The Hall–Kier alpha value is -4.37. The number of aliphatic hydroxyl groups is 30. The number of amides is 4. The second-order valence-corrected chi connectivity index (χ2v) is 38.2. The molecule has 0 aliphatic carbocycles. The number of hydrogen-bond acceptors (Lipinski definition) is 60. The summed E-state index contributed by atoms with van der Waals surface area (Å²) in [5.74, 6) is -4.18. The molecule has 4 amide bonds. The molecule has 0 radical (unpaired) electrons. The van der Waals surface area contributed by atoms with Gasteiger partial charge in [-0.3, -0.25) is 23.7 Å². The van der Waals surface area contributed by atoms with Gasteiger partial charge >= 0.3 is 10.4 Å². The molecule has 65 nitrogen and oxygen atoms in total. The van der Waals surface area contributed by atoms with Crippen LogP contribution in [0.4, 0.5) is 0 Å². The molecule has 12 saturated heterocycles. The summed E-state index contributed by atoms with van der Waals surface area (Å²) in [5, 5.41) is 350. The van der Waals surface area contributed by atoms with Crippen molar-refractivity contribution in [3.05, 3.63) is 0 Å². The minimum atomic E-state index is -5.70. The minimum Gasteiger partial charge on any atom is -0.394 e. The van der Waals surface area contributed by atoms with Crippen LogP contribution in [0.15, 0.2) is 0 Å². The maximum absolute atomic E-state index is 13.8. The number of aliphatic hydroxyl groups excluding tert-OH is 30. The first-order valence-corrected chi connectivity index (χ1v) is 47.8. The van der Waals surface area contributed by atoms with E-state index in [1.165, 1.54) is 13.8 Å². The fourth-order valence-electron chi connectivity index (χ4n) is 18.8. The zero-order chi connectivity index (χ0) is 108. The lowest BCUT2D eigenvalue weighted by Gasteiger charge is -2.52. The number of carbonyl (C=O) groups is 4. The van der Waals surface area contributed by atoms with Crippen molar-refractivity contribution in [3.8, 4) is 0 Å². The third kappa shape index (κ3) is 26.9. The first-order chi connectivity index (χ1) is 68.7. The van der Waals surface area contributed by atoms with Gasteiger partial charge in [-0.15, -0.1) is 0 Å². The lowest BCUT2D eigenvalue weighted by Crippen LogP contribution is -2.71. The average Bonchev–Trinajstić information content (AvgIpc) is 0.730. The van der Waals surface area contributed by atoms with Crippen LogP contribution in [0.3, 0.4) is 0 Å². The topological polar surface area (TPSA) is 999 Å². The lowest BCUT2D eigenvalue weighted by molar-refractivity contribution is -0.404. The number of hydrogen-bond donors (Lipinski definition) is 35. The highest BCUT2D eigenvalue weighted by molar-refractivity contribution is 7.80. The molecule has 0 aromatic rings. The van der Waals surface area contributed by atoms with Crippen LogP contribution in [0.1, 0.15) is 48.5 Å². The number of carbonyl (C=O) groups excluding carboxylic acids is 4. The van der Waals surface area contributed by atoms with E-state index < -0.39 is 462 Å². The summed E-state index contributed by atoms with van der Waals surface area (Å²) in [6, 6.07) is -8.36. The number of ether oxygens (including phenoxy) is 23. The van der Waals surface area contributed by atoms with E-state index in [0.29, 0.717) is 0 Å². The van der Waals surface area contributed by atoms with Gasteiger partial charge in [0.15, 0.2) is 75.5 Å². The predicted octanol–water partition coefficient (Wildman–Crippen LogP) is -23.7. The highest BCUT2D eigenvalue weighted by Crippen LogP contribution is 2.44. The van der Waals surface area contributed by atoms with Gasteiger partial charge in [0.05, 0.1) is 77.8 Å². The third-order valence-electron chi connectivity index (χ3n) is 26.8. The van der Waals surface area contributed by atoms with Crippen LogP contribution >= 0.6 is 0 Å². The summed E-state index contributed by atoms with van der Waals surface area (Å²) in [6.45, 7) is -4.16. The first kappa shape index (κ1) is 120. The Kier molecular flexibility index (Phi) is 42.5. The zero-order valence-corrected chi connectivity index (χ0v) is 79.3. The summed E-state index contributed by atoms with van der Waals surface area (Å²) >= 11 is 0. The maximum atomic E-state index is 13.8. The van der Waals surface area contributed by atoms with Gasteiger partial charge in [0, 0.05) is 27.7 Å². The van der Waals surface area contributed by atoms with Crippen molar-refractivity contribution >= 4 is 34.0 Å². The predicted molar refractivity (Wildman–Crippen MR) is 448 cm³/mol. The number of rotatable bonds is 37. The molecule has 12 heterocycles. The molecular weight excluding hydrogens is 2020 g/mol. The van der Waals surface area contributed by atoms with Crippen molar-refractivity contribution in [3.63, 3.8) is 0 Å². The normalized spacial score (nSPS) is 50.0. The molecule has 0 aromatic heterocycles. The van der Waals surface area contributed by atoms with Crippen LogP contribution in [0, 0.1) is 0 Å². The van der Waals surface area contributed by atoms with Gasteiger partial charge in [0.25, 0.3) is 0 Å². The highest BCUT2D eigenvalue weighted by atomic mass is 32.3. The van der Waals surface area contributed by atoms with Gasteiger partial charge in [0.2, 0.25) is 23.6 Å². The Morgan fingerprint density at radius 2 is 0.493 bits per heavy atom. The third-order valence-corrected chi connectivity index (χ3v) is 27.2. The van der Waals surface area contributed by atoms with Crippen molar-refractivity contribution in [1.29, 1.82) is 0 Å². The van der Waals surface area contributed by atoms with E-state index in [1.807, 2.05) is 0 Å². The highest BCUT2D eigenvalue weighted by Gasteiger charge is 2.64. The molecule has 0 unspecified atom stereocenters. The molecule has 0 bridgehead atoms. The van der Waals surface area contributed by atoms with E-state index in [-0.39, 0.29) is 0 Å². The lowest BCUT2D eigenvalue weighted by atomic mass is 9.93. The molecule has 12 aliphatic rings. The SMILES string of the molecule is CC(=O)N[C@@H]1[C@H](O[C@@H]2[C@@H](O[C@@H]3[C@H](O)[C@H](O[C@H]4[C@H](O)[C@@H](NC(C)=O)[C@H](O[C@H]5[C@H](O)[C@@H](NC(C)=O)[C@H](O)O[C@@H]5CO[C@@H]5O[C@@H](C)[C@@H](O)[C@@H](O)[C@@H]5O)O[C@@H]4CO)O[C@H](CO[C@H]4O[C@H](CO)[C@@H](O)[C@H](O)[C@@H]4O[C@@H]4O[C@H](CO)[C@@H](O[C@@H]5O[C@H](CO)[C@H](O)[C@H](O)[C@H]5O)[C@H](O[C@@H]5O[C@@H](C)[C@@H](O)[C@@H](O)[C@@H]5O)[C@H]4NC(C)=O)[C@H]3O)O[C@H](CO)[C@@H](O)[C@@H]2O)O[C@H](COS(=O)(=O)O)[C@@H](O[C@@H]2O[C@H](CO)[C@H](O)[C@H](O)[C@H]2O)[C@@H]1O[C@@H]1O[C@@H](C)[C@@H](O)[C@@H](O)[C@@H]1O. The van der Waals surface area contributed by atoms with Crippen LogP contribution in [-0.2, 0) is 143 Å². The van der Waals surface area contributed by atoms with Crippen LogP contribution in [0.25, 0.3) is 0 Å². The average molecular weight is 2160 g/mol. The number of nitrogens with one attached hydrogen (secondary N) is 4. The standard InChI is InChI=1S/C80H134N4O61S/c1-17-37(95)47(105)54(112)73(125-17)122-15-31-61(45(103)33(69(118)128-31)81-20(4)91)137-70-34(82-21(5)92)46(104)60(28(12-89)133-70)138-78-59(117)66(143-80-68(53(111)43(101)27(11-88)132-80)145-72-36(84-23(7)94)65(142-75-56(114)49(107)39(97)19(3)127-75)63(32(136-72)16-124-146(119,120)121)140-77-58(116)51(109)41(99)25(9-86)130-77)44(102)30(135-78)14-123-79-67(52(110)42(100)26(10-87)131-79)144-71-35(83-22(6)93)64(141-74-55(113)48(106)38(96)18(2)126-74)62(29(13-90)134-71)139-76-57(115)50(108)40(98)24(8-85)129-76/h17-19,24-80,85-90,95-118H,8-16H2,1-7H3,(H,81,91)(H,82,92)(H,83,93)(H,84,94)(H,119,120,121)/t17-,18-,19-,24+,25+,26+,27+,28+,29+,30+,31+,32+,33+,34+,35+,36-,37+,38+,39+,40-,41-,42+,43+,44+,45+,46+,47+,48+,49+,50-,51-,52-,53-,54-,55-,56-,57+,58+,59-,60+,61+,62+,63+,64+,65+,66-,67-,68-,69+,70-,71-,72-,73+,74-,75-,76-,77-,78-,79-,80+/m0/s1. The van der Waals surface area contributed by atoms with E-state index in [0.717, 1.165) is 34.6 Å². The minimum absolute atomic E-state index is 0.809. The Morgan fingerprint density at radius 3 is 0.925 bits per heavy atom. The summed E-state index contributed by atoms with van der Waals surface area (Å²) in [7, 11) is -5.70. The molecule has 0 aromatic carbocycles. The molecule has 0 spiro atoms. The quantitative estimate of drug-likeness (QED) is 0.0257. The smallest absolute Gasteiger partial charge is 0.394 e. The van der Waals surface area contributed by atoms with E-state index in [9.17, 15) is 185 Å². The summed E-state index contributed by atoms with van der Waals surface area (Å²) in [6.07, 6.45) is -123. The van der Waals surface area contributed by atoms with Crippen molar-refractivity contribution < 1.29 is 298 Å². The van der Waals surface area contributed by atoms with Crippen LogP contribution in [-0.4, -0.2) is 617 Å². The molecule has 12 aliphatic heterocycles.